The van der Waals surface area contributed by atoms with Gasteiger partial charge in [-0.2, -0.15) is 0 Å². The van der Waals surface area contributed by atoms with Crippen LogP contribution >= 0.6 is 0 Å². The molecule has 0 unspecified atom stereocenters. The first kappa shape index (κ1) is 12.8. The van der Waals surface area contributed by atoms with Crippen molar-refractivity contribution in [2.45, 2.75) is 6.61 Å². The molecule has 0 radical (unpaired) electrons. The van der Waals surface area contributed by atoms with Gasteiger partial charge in [-0.15, -0.1) is 0 Å². The van der Waals surface area contributed by atoms with Crippen LogP contribution in [0.3, 0.4) is 0 Å². The van der Waals surface area contributed by atoms with E-state index in [-0.39, 0.29) is 0 Å². The summed E-state index contributed by atoms with van der Waals surface area (Å²) < 4.78 is 10.5. The first-order valence-corrected chi connectivity index (χ1v) is 5.74. The third kappa shape index (κ3) is 3.96. The van der Waals surface area contributed by atoms with Gasteiger partial charge < -0.3 is 9.47 Å². The SMILES string of the molecule is C=CC(=O)Oc1cncc(OCc2ccccc2)c1. The van der Waals surface area contributed by atoms with Gasteiger partial charge in [0.25, 0.3) is 0 Å². The summed E-state index contributed by atoms with van der Waals surface area (Å²) in [6.45, 7) is 3.76. The van der Waals surface area contributed by atoms with Gasteiger partial charge in [-0.25, -0.2) is 4.79 Å². The summed E-state index contributed by atoms with van der Waals surface area (Å²) in [5.41, 5.74) is 1.05. The van der Waals surface area contributed by atoms with E-state index in [1.807, 2.05) is 30.3 Å². The molecular formula is C15H13NO3. The van der Waals surface area contributed by atoms with Gasteiger partial charge in [0.05, 0.1) is 12.4 Å². The average Bonchev–Trinajstić information content (AvgIpc) is 2.46. The van der Waals surface area contributed by atoms with E-state index in [0.29, 0.717) is 18.1 Å². The number of carbonyl (C=O) groups is 1. The number of aromatic nitrogens is 1. The molecule has 0 amide bonds. The maximum absolute atomic E-state index is 11.1. The largest absolute Gasteiger partial charge is 0.487 e. The number of ether oxygens (including phenoxy) is 2. The van der Waals surface area contributed by atoms with Gasteiger partial charge in [0.15, 0.2) is 5.75 Å². The number of benzene rings is 1. The summed E-state index contributed by atoms with van der Waals surface area (Å²) in [5.74, 6) is 0.343. The molecule has 4 heteroatoms. The third-order valence-electron chi connectivity index (χ3n) is 2.32. The van der Waals surface area contributed by atoms with Crippen LogP contribution in [0.1, 0.15) is 5.56 Å². The summed E-state index contributed by atoms with van der Waals surface area (Å²) in [5, 5.41) is 0. The van der Waals surface area contributed by atoms with Crippen LogP contribution in [0.4, 0.5) is 0 Å². The molecule has 0 saturated heterocycles. The molecule has 0 aliphatic heterocycles. The Morgan fingerprint density at radius 3 is 2.68 bits per heavy atom. The van der Waals surface area contributed by atoms with Gasteiger partial charge >= 0.3 is 5.97 Å². The first-order chi connectivity index (χ1) is 9.28. The Balaban J connectivity index is 1.99. The second-order valence-electron chi connectivity index (χ2n) is 3.76. The Morgan fingerprint density at radius 2 is 1.95 bits per heavy atom. The second kappa shape index (κ2) is 6.35. The Hall–Kier alpha value is -2.62. The maximum atomic E-state index is 11.1. The molecule has 0 aliphatic rings. The molecule has 1 aromatic heterocycles. The summed E-state index contributed by atoms with van der Waals surface area (Å²) in [6.07, 6.45) is 4.10. The molecule has 0 spiro atoms. The highest BCUT2D eigenvalue weighted by molar-refractivity contribution is 5.83. The fourth-order valence-corrected chi connectivity index (χ4v) is 1.43. The minimum absolute atomic E-state index is 0.329. The molecule has 19 heavy (non-hydrogen) atoms. The number of pyridine rings is 1. The molecule has 0 N–H and O–H groups in total. The highest BCUT2D eigenvalue weighted by Gasteiger charge is 2.03. The summed E-state index contributed by atoms with van der Waals surface area (Å²) in [7, 11) is 0. The Morgan fingerprint density at radius 1 is 1.21 bits per heavy atom. The van der Waals surface area contributed by atoms with E-state index < -0.39 is 5.97 Å². The topological polar surface area (TPSA) is 48.4 Å². The number of carbonyl (C=O) groups excluding carboxylic acids is 1. The van der Waals surface area contributed by atoms with Crippen molar-refractivity contribution in [1.29, 1.82) is 0 Å². The van der Waals surface area contributed by atoms with E-state index >= 15 is 0 Å². The molecule has 0 fully saturated rings. The number of hydrogen-bond donors (Lipinski definition) is 0. The Kier molecular flexibility index (Phi) is 4.29. The molecule has 2 aromatic rings. The predicted molar refractivity (Wildman–Crippen MR) is 70.8 cm³/mol. The van der Waals surface area contributed by atoms with Crippen LogP contribution in [-0.4, -0.2) is 11.0 Å². The van der Waals surface area contributed by atoms with Gasteiger partial charge in [0, 0.05) is 12.1 Å². The number of hydrogen-bond acceptors (Lipinski definition) is 4. The van der Waals surface area contributed by atoms with Crippen LogP contribution < -0.4 is 9.47 Å². The van der Waals surface area contributed by atoms with Crippen LogP contribution in [0, 0.1) is 0 Å². The van der Waals surface area contributed by atoms with Crippen LogP contribution in [0.2, 0.25) is 0 Å². The zero-order valence-electron chi connectivity index (χ0n) is 10.3. The molecule has 1 heterocycles. The van der Waals surface area contributed by atoms with Crippen LogP contribution in [0.15, 0.2) is 61.4 Å². The van der Waals surface area contributed by atoms with Crippen molar-refractivity contribution in [2.75, 3.05) is 0 Å². The van der Waals surface area contributed by atoms with Crippen molar-refractivity contribution in [3.8, 4) is 11.5 Å². The van der Waals surface area contributed by atoms with Gasteiger partial charge in [0.1, 0.15) is 12.4 Å². The monoisotopic (exact) mass is 255 g/mol. The quantitative estimate of drug-likeness (QED) is 0.609. The first-order valence-electron chi connectivity index (χ1n) is 5.74. The standard InChI is InChI=1S/C15H13NO3/c1-2-15(17)19-14-8-13(9-16-10-14)18-11-12-6-4-3-5-7-12/h2-10H,1,11H2. The van der Waals surface area contributed by atoms with Crippen LogP contribution in [0.25, 0.3) is 0 Å². The molecular weight excluding hydrogens is 242 g/mol. The summed E-state index contributed by atoms with van der Waals surface area (Å²) in [4.78, 5) is 15.0. The molecule has 0 saturated carbocycles. The highest BCUT2D eigenvalue weighted by Crippen LogP contribution is 2.18. The minimum Gasteiger partial charge on any atom is -0.487 e. The zero-order valence-corrected chi connectivity index (χ0v) is 10.3. The van der Waals surface area contributed by atoms with Crippen molar-refractivity contribution >= 4 is 5.97 Å². The average molecular weight is 255 g/mol. The zero-order chi connectivity index (χ0) is 13.5. The smallest absolute Gasteiger partial charge is 0.335 e. The second-order valence-corrected chi connectivity index (χ2v) is 3.76. The molecule has 96 valence electrons. The van der Waals surface area contributed by atoms with Crippen molar-refractivity contribution < 1.29 is 14.3 Å². The van der Waals surface area contributed by atoms with E-state index in [2.05, 4.69) is 11.6 Å². The molecule has 1 aromatic carbocycles. The van der Waals surface area contributed by atoms with Crippen molar-refractivity contribution in [3.05, 3.63) is 67.0 Å². The van der Waals surface area contributed by atoms with E-state index in [1.54, 1.807) is 12.3 Å². The number of esters is 1. The fourth-order valence-electron chi connectivity index (χ4n) is 1.43. The van der Waals surface area contributed by atoms with Crippen LogP contribution in [-0.2, 0) is 11.4 Å². The third-order valence-corrected chi connectivity index (χ3v) is 2.32. The van der Waals surface area contributed by atoms with Crippen molar-refractivity contribution in [3.63, 3.8) is 0 Å². The Labute approximate surface area is 111 Å². The lowest BCUT2D eigenvalue weighted by molar-refractivity contribution is -0.128. The summed E-state index contributed by atoms with van der Waals surface area (Å²) in [6, 6.07) is 11.4. The van der Waals surface area contributed by atoms with Crippen molar-refractivity contribution in [1.82, 2.24) is 4.98 Å². The normalized spacial score (nSPS) is 9.68. The van der Waals surface area contributed by atoms with Gasteiger partial charge in [-0.05, 0) is 5.56 Å². The Bertz CT molecular complexity index is 567. The lowest BCUT2D eigenvalue weighted by Crippen LogP contribution is -2.03. The molecule has 0 atom stereocenters. The van der Waals surface area contributed by atoms with E-state index in [1.165, 1.54) is 6.20 Å². The molecule has 4 nitrogen and oxygen atoms in total. The fraction of sp³-hybridized carbons (Fsp3) is 0.0667. The van der Waals surface area contributed by atoms with Crippen molar-refractivity contribution in [2.24, 2.45) is 0 Å². The number of rotatable bonds is 5. The van der Waals surface area contributed by atoms with Gasteiger partial charge in [0.2, 0.25) is 0 Å². The van der Waals surface area contributed by atoms with Crippen LogP contribution in [0.5, 0.6) is 11.5 Å². The van der Waals surface area contributed by atoms with E-state index in [0.717, 1.165) is 11.6 Å². The van der Waals surface area contributed by atoms with E-state index in [9.17, 15) is 4.79 Å². The van der Waals surface area contributed by atoms with Gasteiger partial charge in [-0.1, -0.05) is 36.9 Å². The maximum Gasteiger partial charge on any atom is 0.335 e. The molecule has 2 rings (SSSR count). The lowest BCUT2D eigenvalue weighted by atomic mass is 10.2. The van der Waals surface area contributed by atoms with E-state index in [4.69, 9.17) is 9.47 Å². The minimum atomic E-state index is -0.526. The predicted octanol–water partition coefficient (Wildman–Crippen LogP) is 2.75. The van der Waals surface area contributed by atoms with Gasteiger partial charge in [-0.3, -0.25) is 4.98 Å². The number of nitrogens with zero attached hydrogens (tertiary/aromatic N) is 1. The summed E-state index contributed by atoms with van der Waals surface area (Å²) >= 11 is 0. The molecule has 0 bridgehead atoms. The lowest BCUT2D eigenvalue weighted by Gasteiger charge is -2.07. The highest BCUT2D eigenvalue weighted by atomic mass is 16.5. The molecule has 0 aliphatic carbocycles.